The lowest BCUT2D eigenvalue weighted by Gasteiger charge is -2.26. The molecule has 0 N–H and O–H groups in total. The number of hydrogen-bond acceptors (Lipinski definition) is 3. The third kappa shape index (κ3) is 3.63. The molecule has 1 unspecified atom stereocenters. The highest BCUT2D eigenvalue weighted by molar-refractivity contribution is 7.18. The molecule has 2 nitrogen and oxygen atoms in total. The highest BCUT2D eigenvalue weighted by Gasteiger charge is 2.23. The van der Waals surface area contributed by atoms with E-state index in [-0.39, 0.29) is 5.41 Å². The largest absolute Gasteiger partial charge is 0.299 e. The molecule has 0 aliphatic carbocycles. The van der Waals surface area contributed by atoms with Gasteiger partial charge in [0, 0.05) is 6.42 Å². The van der Waals surface area contributed by atoms with Crippen LogP contribution in [0.25, 0.3) is 10.2 Å². The van der Waals surface area contributed by atoms with Gasteiger partial charge >= 0.3 is 0 Å². The molecule has 0 amide bonds. The van der Waals surface area contributed by atoms with E-state index in [1.807, 2.05) is 18.2 Å². The third-order valence-corrected chi connectivity index (χ3v) is 4.74. The molecule has 19 heavy (non-hydrogen) atoms. The van der Waals surface area contributed by atoms with E-state index in [0.717, 1.165) is 15.2 Å². The van der Waals surface area contributed by atoms with Crippen LogP contribution in [0, 0.1) is 11.3 Å². The molecule has 0 aliphatic heterocycles. The number of thiazole rings is 1. The summed E-state index contributed by atoms with van der Waals surface area (Å²) in [5.74, 6) is 0.691. The Hall–Kier alpha value is -1.22. The average Bonchev–Trinajstić information content (AvgIpc) is 2.69. The van der Waals surface area contributed by atoms with Crippen LogP contribution in [0.3, 0.4) is 0 Å². The zero-order chi connectivity index (χ0) is 14.0. The summed E-state index contributed by atoms with van der Waals surface area (Å²) in [5.41, 5.74) is 1.18. The van der Waals surface area contributed by atoms with Gasteiger partial charge in [-0.3, -0.25) is 4.79 Å². The summed E-state index contributed by atoms with van der Waals surface area (Å²) in [6, 6.07) is 8.04. The maximum absolute atomic E-state index is 12.1. The van der Waals surface area contributed by atoms with Gasteiger partial charge < -0.3 is 0 Å². The van der Waals surface area contributed by atoms with Crippen LogP contribution in [0.1, 0.15) is 39.1 Å². The van der Waals surface area contributed by atoms with Gasteiger partial charge in [-0.25, -0.2) is 4.98 Å². The molecule has 102 valence electrons. The number of aromatic nitrogens is 1. The molecule has 3 heteroatoms. The molecule has 0 fully saturated rings. The molecule has 0 saturated heterocycles. The number of para-hydroxylation sites is 1. The molecule has 0 aliphatic rings. The van der Waals surface area contributed by atoms with Crippen LogP contribution in [0.4, 0.5) is 0 Å². The Morgan fingerprint density at radius 3 is 2.63 bits per heavy atom. The third-order valence-electron chi connectivity index (χ3n) is 3.70. The molecule has 0 radical (unpaired) electrons. The quantitative estimate of drug-likeness (QED) is 0.823. The number of carbonyl (C=O) groups excluding carboxylic acids is 1. The minimum Gasteiger partial charge on any atom is -0.299 e. The van der Waals surface area contributed by atoms with E-state index in [1.54, 1.807) is 11.3 Å². The minimum atomic E-state index is 0.184. The van der Waals surface area contributed by atoms with E-state index in [2.05, 4.69) is 38.7 Å². The van der Waals surface area contributed by atoms with Crippen molar-refractivity contribution in [3.05, 3.63) is 29.3 Å². The summed E-state index contributed by atoms with van der Waals surface area (Å²) in [5, 5.41) is 0.937. The highest BCUT2D eigenvalue weighted by Crippen LogP contribution is 2.29. The van der Waals surface area contributed by atoms with Gasteiger partial charge in [0.25, 0.3) is 0 Å². The Balaban J connectivity index is 2.03. The second-order valence-corrected chi connectivity index (χ2v) is 7.38. The lowest BCUT2D eigenvalue weighted by Crippen LogP contribution is -2.21. The minimum absolute atomic E-state index is 0.184. The molecule has 1 atom stereocenters. The lowest BCUT2D eigenvalue weighted by molar-refractivity contribution is -0.120. The van der Waals surface area contributed by atoms with Crippen molar-refractivity contribution in [1.82, 2.24) is 4.98 Å². The predicted molar refractivity (Wildman–Crippen MR) is 81.6 cm³/mol. The first-order valence-electron chi connectivity index (χ1n) is 6.72. The first kappa shape index (κ1) is 14.2. The number of nitrogens with zero attached hydrogens (tertiary/aromatic N) is 1. The van der Waals surface area contributed by atoms with Crippen LogP contribution >= 0.6 is 11.3 Å². The van der Waals surface area contributed by atoms with E-state index in [4.69, 9.17) is 0 Å². The summed E-state index contributed by atoms with van der Waals surface area (Å²) in [6.45, 7) is 8.70. The van der Waals surface area contributed by atoms with E-state index >= 15 is 0 Å². The summed E-state index contributed by atoms with van der Waals surface area (Å²) >= 11 is 1.63. The predicted octanol–water partition coefficient (Wildman–Crippen LogP) is 4.48. The highest BCUT2D eigenvalue weighted by atomic mass is 32.1. The molecular formula is C16H21NOS. The number of carbonyl (C=O) groups is 1. The maximum atomic E-state index is 12.1. The van der Waals surface area contributed by atoms with Crippen molar-refractivity contribution in [1.29, 1.82) is 0 Å². The summed E-state index contributed by atoms with van der Waals surface area (Å²) < 4.78 is 1.16. The van der Waals surface area contributed by atoms with Crippen molar-refractivity contribution in [2.45, 2.75) is 40.5 Å². The Kier molecular flexibility index (Phi) is 4.04. The van der Waals surface area contributed by atoms with E-state index in [9.17, 15) is 4.79 Å². The number of Topliss-reactive ketones (excluding diaryl/α,β-unsaturated/α-hetero) is 1. The van der Waals surface area contributed by atoms with Gasteiger partial charge in [-0.2, -0.15) is 0 Å². The molecule has 0 spiro atoms. The van der Waals surface area contributed by atoms with Crippen LogP contribution in [0.15, 0.2) is 24.3 Å². The van der Waals surface area contributed by atoms with Gasteiger partial charge in [-0.05, 0) is 23.5 Å². The van der Waals surface area contributed by atoms with Crippen molar-refractivity contribution in [2.24, 2.45) is 11.3 Å². The van der Waals surface area contributed by atoms with Gasteiger partial charge in [-0.1, -0.05) is 39.8 Å². The SMILES string of the molecule is CC(CC(=O)Cc1nc2ccccc2s1)C(C)(C)C. The molecule has 2 rings (SSSR count). The molecule has 2 aromatic rings. The van der Waals surface area contributed by atoms with Crippen LogP contribution in [0.5, 0.6) is 0 Å². The van der Waals surface area contributed by atoms with Crippen LogP contribution in [0.2, 0.25) is 0 Å². The maximum Gasteiger partial charge on any atom is 0.139 e. The second kappa shape index (κ2) is 5.41. The fourth-order valence-electron chi connectivity index (χ4n) is 1.88. The van der Waals surface area contributed by atoms with Crippen molar-refractivity contribution in [2.75, 3.05) is 0 Å². The number of fused-ring (bicyclic) bond motifs is 1. The summed E-state index contributed by atoms with van der Waals surface area (Å²) in [7, 11) is 0. The standard InChI is InChI=1S/C16H21NOS/c1-11(16(2,3)4)9-12(18)10-15-17-13-7-5-6-8-14(13)19-15/h5-8,11H,9-10H2,1-4H3. The molecular weight excluding hydrogens is 254 g/mol. The number of benzene rings is 1. The Morgan fingerprint density at radius 1 is 1.32 bits per heavy atom. The molecule has 0 bridgehead atoms. The lowest BCUT2D eigenvalue weighted by atomic mass is 9.79. The second-order valence-electron chi connectivity index (χ2n) is 6.26. The van der Waals surface area contributed by atoms with Crippen molar-refractivity contribution in [3.63, 3.8) is 0 Å². The van der Waals surface area contributed by atoms with E-state index in [1.165, 1.54) is 0 Å². The molecule has 1 aromatic carbocycles. The van der Waals surface area contributed by atoms with Crippen molar-refractivity contribution >= 4 is 27.3 Å². The van der Waals surface area contributed by atoms with Crippen LogP contribution in [-0.4, -0.2) is 10.8 Å². The van der Waals surface area contributed by atoms with Gasteiger partial charge in [0.15, 0.2) is 0 Å². The first-order chi connectivity index (χ1) is 8.86. The van der Waals surface area contributed by atoms with Crippen LogP contribution < -0.4 is 0 Å². The fourth-order valence-corrected chi connectivity index (χ4v) is 2.88. The van der Waals surface area contributed by atoms with Gasteiger partial charge in [0.05, 0.1) is 16.6 Å². The first-order valence-corrected chi connectivity index (χ1v) is 7.54. The summed E-state index contributed by atoms with van der Waals surface area (Å²) in [4.78, 5) is 16.6. The molecule has 1 aromatic heterocycles. The van der Waals surface area contributed by atoms with Crippen molar-refractivity contribution in [3.8, 4) is 0 Å². The zero-order valence-electron chi connectivity index (χ0n) is 12.1. The molecule has 1 heterocycles. The van der Waals surface area contributed by atoms with E-state index in [0.29, 0.717) is 24.5 Å². The summed E-state index contributed by atoms with van der Waals surface area (Å²) in [6.07, 6.45) is 1.11. The van der Waals surface area contributed by atoms with E-state index < -0.39 is 0 Å². The number of hydrogen-bond donors (Lipinski definition) is 0. The van der Waals surface area contributed by atoms with Crippen LogP contribution in [-0.2, 0) is 11.2 Å². The topological polar surface area (TPSA) is 30.0 Å². The smallest absolute Gasteiger partial charge is 0.139 e. The number of ketones is 1. The van der Waals surface area contributed by atoms with Crippen molar-refractivity contribution < 1.29 is 4.79 Å². The van der Waals surface area contributed by atoms with Gasteiger partial charge in [0.2, 0.25) is 0 Å². The Bertz CT molecular complexity index is 547. The van der Waals surface area contributed by atoms with Gasteiger partial charge in [0.1, 0.15) is 10.8 Å². The Morgan fingerprint density at radius 2 is 2.00 bits per heavy atom. The normalized spacial score (nSPS) is 13.7. The molecule has 0 saturated carbocycles. The van der Waals surface area contributed by atoms with Gasteiger partial charge in [-0.15, -0.1) is 11.3 Å². The monoisotopic (exact) mass is 275 g/mol. The zero-order valence-corrected chi connectivity index (χ0v) is 12.9. The number of rotatable bonds is 4. The Labute approximate surface area is 118 Å². The average molecular weight is 275 g/mol. The fraction of sp³-hybridized carbons (Fsp3) is 0.500.